The monoisotopic (exact) mass is 378 g/mol. The smallest absolute Gasteiger partial charge is 0.189 e. The van der Waals surface area contributed by atoms with Crippen molar-refractivity contribution in [1.29, 1.82) is 0 Å². The van der Waals surface area contributed by atoms with Crippen LogP contribution in [0.25, 0.3) is 32.3 Å². The summed E-state index contributed by atoms with van der Waals surface area (Å²) in [6, 6.07) is 22.6. The second kappa shape index (κ2) is 5.27. The van der Waals surface area contributed by atoms with Crippen molar-refractivity contribution in [2.75, 3.05) is 0 Å². The van der Waals surface area contributed by atoms with Gasteiger partial charge in [0.1, 0.15) is 0 Å². The Kier molecular flexibility index (Phi) is 2.93. The third kappa shape index (κ3) is 1.98. The van der Waals surface area contributed by atoms with Crippen LogP contribution in [0.2, 0.25) is 0 Å². The van der Waals surface area contributed by atoms with Gasteiger partial charge in [0.05, 0.1) is 24.0 Å². The van der Waals surface area contributed by atoms with E-state index in [-0.39, 0.29) is 24.0 Å². The van der Waals surface area contributed by atoms with Crippen LogP contribution in [0.3, 0.4) is 0 Å². The topological polar surface area (TPSA) is 18.5 Å². The zero-order chi connectivity index (χ0) is 19.3. The second-order valence-electron chi connectivity index (χ2n) is 8.93. The maximum atomic E-state index is 6.46. The van der Waals surface area contributed by atoms with Crippen molar-refractivity contribution in [3.8, 4) is 0 Å². The van der Waals surface area contributed by atoms with Gasteiger partial charge in [-0.25, -0.2) is 0 Å². The van der Waals surface area contributed by atoms with Gasteiger partial charge in [-0.1, -0.05) is 48.6 Å². The van der Waals surface area contributed by atoms with E-state index in [1.165, 1.54) is 43.4 Å². The van der Waals surface area contributed by atoms with Crippen LogP contribution in [0, 0.1) is 0 Å². The van der Waals surface area contributed by atoms with E-state index >= 15 is 0 Å². The van der Waals surface area contributed by atoms with Crippen molar-refractivity contribution in [3.05, 3.63) is 83.9 Å². The maximum Gasteiger partial charge on any atom is 0.189 e. The molecule has 1 heterocycles. The predicted octanol–water partition coefficient (Wildman–Crippen LogP) is 6.42. The number of benzene rings is 4. The summed E-state index contributed by atoms with van der Waals surface area (Å²) < 4.78 is 12.9. The summed E-state index contributed by atoms with van der Waals surface area (Å²) in [5.41, 5.74) is 2.73. The van der Waals surface area contributed by atoms with E-state index in [4.69, 9.17) is 9.47 Å². The highest BCUT2D eigenvalue weighted by atomic mass is 16.8. The fourth-order valence-corrected chi connectivity index (χ4v) is 5.74. The molecule has 2 heteroatoms. The van der Waals surface area contributed by atoms with Crippen molar-refractivity contribution in [2.45, 2.75) is 43.7 Å². The Morgan fingerprint density at radius 3 is 1.48 bits per heavy atom. The zero-order valence-corrected chi connectivity index (χ0v) is 16.6. The van der Waals surface area contributed by atoms with Gasteiger partial charge in [0.25, 0.3) is 0 Å². The van der Waals surface area contributed by atoms with E-state index in [9.17, 15) is 0 Å². The van der Waals surface area contributed by atoms with Crippen molar-refractivity contribution in [2.24, 2.45) is 0 Å². The fraction of sp³-hybridized carbons (Fsp3) is 0.259. The summed E-state index contributed by atoms with van der Waals surface area (Å²) in [6.45, 7) is 4.24. The quantitative estimate of drug-likeness (QED) is 0.260. The lowest BCUT2D eigenvalue weighted by Crippen LogP contribution is -2.35. The first-order chi connectivity index (χ1) is 14.1. The molecule has 0 N–H and O–H groups in total. The molecule has 0 saturated carbocycles. The first kappa shape index (κ1) is 16.2. The van der Waals surface area contributed by atoms with Crippen molar-refractivity contribution in [1.82, 2.24) is 0 Å². The Hall–Kier alpha value is -2.68. The van der Waals surface area contributed by atoms with Crippen LogP contribution in [0.4, 0.5) is 0 Å². The molecular weight excluding hydrogens is 356 g/mol. The summed E-state index contributed by atoms with van der Waals surface area (Å²) in [5, 5.41) is 7.75. The lowest BCUT2D eigenvalue weighted by molar-refractivity contribution is -0.177. The van der Waals surface area contributed by atoms with Crippen molar-refractivity contribution >= 4 is 32.3 Å². The highest BCUT2D eigenvalue weighted by Crippen LogP contribution is 2.61. The molecular formula is C27H22O2. The minimum Gasteiger partial charge on any atom is -0.342 e. The van der Waals surface area contributed by atoms with Gasteiger partial charge >= 0.3 is 0 Å². The Balaban J connectivity index is 1.45. The van der Waals surface area contributed by atoms with E-state index < -0.39 is 5.79 Å². The molecule has 4 atom stereocenters. The Labute approximate surface area is 169 Å². The molecule has 142 valence electrons. The molecule has 0 aromatic heterocycles. The van der Waals surface area contributed by atoms with E-state index in [0.29, 0.717) is 0 Å². The summed E-state index contributed by atoms with van der Waals surface area (Å²) in [5.74, 6) is -0.162. The second-order valence-corrected chi connectivity index (χ2v) is 8.93. The van der Waals surface area contributed by atoms with Gasteiger partial charge in [-0.3, -0.25) is 0 Å². The van der Waals surface area contributed by atoms with Gasteiger partial charge in [-0.15, -0.1) is 0 Å². The molecule has 7 rings (SSSR count). The minimum absolute atomic E-state index is 0.124. The van der Waals surface area contributed by atoms with Crippen LogP contribution in [-0.4, -0.2) is 18.0 Å². The molecule has 4 aromatic rings. The first-order valence-corrected chi connectivity index (χ1v) is 10.6. The van der Waals surface area contributed by atoms with Crippen LogP contribution >= 0.6 is 0 Å². The summed E-state index contributed by atoms with van der Waals surface area (Å²) in [4.78, 5) is 0. The molecule has 0 radical (unpaired) electrons. The number of hydrogen-bond donors (Lipinski definition) is 0. The predicted molar refractivity (Wildman–Crippen MR) is 117 cm³/mol. The molecule has 4 aromatic carbocycles. The molecule has 1 saturated heterocycles. The van der Waals surface area contributed by atoms with Gasteiger partial charge in [0.15, 0.2) is 5.79 Å². The molecule has 0 amide bonds. The van der Waals surface area contributed by atoms with Gasteiger partial charge < -0.3 is 9.47 Å². The Morgan fingerprint density at radius 2 is 1.00 bits per heavy atom. The summed E-state index contributed by atoms with van der Waals surface area (Å²) in [6.07, 6.45) is 4.83. The molecule has 29 heavy (non-hydrogen) atoms. The largest absolute Gasteiger partial charge is 0.342 e. The third-order valence-corrected chi connectivity index (χ3v) is 7.30. The zero-order valence-electron chi connectivity index (χ0n) is 16.6. The minimum atomic E-state index is -0.535. The van der Waals surface area contributed by atoms with Gasteiger partial charge in [0, 0.05) is 0 Å². The van der Waals surface area contributed by atoms with Crippen LogP contribution in [0.1, 0.15) is 36.8 Å². The number of hydrogen-bond acceptors (Lipinski definition) is 2. The molecule has 2 aliphatic carbocycles. The summed E-state index contributed by atoms with van der Waals surface area (Å²) in [7, 11) is 0. The maximum absolute atomic E-state index is 6.46. The number of rotatable bonds is 0. The van der Waals surface area contributed by atoms with Gasteiger partial charge in [0.2, 0.25) is 0 Å². The van der Waals surface area contributed by atoms with Crippen LogP contribution in [0.5, 0.6) is 0 Å². The molecule has 2 bridgehead atoms. The molecule has 1 fully saturated rings. The summed E-state index contributed by atoms with van der Waals surface area (Å²) >= 11 is 0. The van der Waals surface area contributed by atoms with Crippen LogP contribution in [-0.2, 0) is 9.47 Å². The van der Waals surface area contributed by atoms with Crippen LogP contribution < -0.4 is 0 Å². The Morgan fingerprint density at radius 1 is 0.586 bits per heavy atom. The molecule has 1 aliphatic heterocycles. The van der Waals surface area contributed by atoms with Crippen molar-refractivity contribution < 1.29 is 9.47 Å². The normalized spacial score (nSPS) is 32.2. The standard InChI is InChI=1S/C27H22O2/c1-15-16(2)29-27(28-15)25-7-8-26(27)24-14-22-12-20-10-18-6-4-3-5-17(18)9-19(20)11-21(22)13-23(24)25/h3-16,25-26H,1-2H3/t15?,16?,25-,26-/m1/s1. The highest BCUT2D eigenvalue weighted by molar-refractivity contribution is 6.05. The fourth-order valence-electron chi connectivity index (χ4n) is 5.74. The van der Waals surface area contributed by atoms with Crippen molar-refractivity contribution in [3.63, 3.8) is 0 Å². The lowest BCUT2D eigenvalue weighted by Gasteiger charge is -2.28. The lowest BCUT2D eigenvalue weighted by atomic mass is 9.91. The number of fused-ring (bicyclic) bond motifs is 6. The number of ether oxygens (including phenoxy) is 2. The molecule has 2 nitrogen and oxygen atoms in total. The molecule has 1 spiro atoms. The van der Waals surface area contributed by atoms with Gasteiger partial charge in [-0.2, -0.15) is 0 Å². The highest BCUT2D eigenvalue weighted by Gasteiger charge is 2.61. The SMILES string of the molecule is CC1OC2(OC1C)[C@@H]1C=C[C@@H]2c2cc3cc4cc5ccccc5cc4cc3cc21. The Bertz CT molecular complexity index is 1260. The van der Waals surface area contributed by atoms with E-state index in [1.807, 2.05) is 0 Å². The van der Waals surface area contributed by atoms with E-state index in [0.717, 1.165) is 0 Å². The average molecular weight is 378 g/mol. The van der Waals surface area contributed by atoms with E-state index in [1.54, 1.807) is 0 Å². The van der Waals surface area contributed by atoms with Crippen LogP contribution in [0.15, 0.2) is 72.8 Å². The molecule has 2 unspecified atom stereocenters. The first-order valence-electron chi connectivity index (χ1n) is 10.6. The third-order valence-electron chi connectivity index (χ3n) is 7.30. The average Bonchev–Trinajstić information content (AvgIpc) is 3.30. The molecule has 3 aliphatic rings. The van der Waals surface area contributed by atoms with E-state index in [2.05, 4.69) is 86.7 Å². The van der Waals surface area contributed by atoms with Gasteiger partial charge in [-0.05, 0) is 81.6 Å².